The predicted molar refractivity (Wildman–Crippen MR) is 66.4 cm³/mol. The first-order valence-corrected chi connectivity index (χ1v) is 5.30. The highest BCUT2D eigenvalue weighted by Crippen LogP contribution is 2.20. The fraction of sp³-hybridized carbons (Fsp3) is 0.0769. The zero-order chi connectivity index (χ0) is 12.4. The van der Waals surface area contributed by atoms with Crippen LogP contribution in [0.25, 0.3) is 11.1 Å². The van der Waals surface area contributed by atoms with Crippen LogP contribution in [0, 0.1) is 12.7 Å². The van der Waals surface area contributed by atoms with E-state index in [1.54, 1.807) is 6.07 Å². The maximum Gasteiger partial charge on any atom is 0.491 e. The Balaban J connectivity index is 2.44. The van der Waals surface area contributed by atoms with E-state index in [9.17, 15) is 4.39 Å². The van der Waals surface area contributed by atoms with Gasteiger partial charge in [-0.3, -0.25) is 0 Å². The molecule has 2 aromatic rings. The minimum atomic E-state index is -1.78. The molecule has 0 unspecified atom stereocenters. The van der Waals surface area contributed by atoms with Crippen LogP contribution >= 0.6 is 0 Å². The lowest BCUT2D eigenvalue weighted by Crippen LogP contribution is -2.32. The van der Waals surface area contributed by atoms with E-state index in [2.05, 4.69) is 0 Å². The average Bonchev–Trinajstić information content (AvgIpc) is 2.28. The van der Waals surface area contributed by atoms with Crippen LogP contribution in [0.1, 0.15) is 5.56 Å². The first-order chi connectivity index (χ1) is 8.08. The third-order valence-corrected chi connectivity index (χ3v) is 2.63. The van der Waals surface area contributed by atoms with Gasteiger partial charge >= 0.3 is 7.12 Å². The van der Waals surface area contributed by atoms with Gasteiger partial charge in [-0.05, 0) is 24.1 Å². The molecule has 86 valence electrons. The smallest absolute Gasteiger partial charge is 0.423 e. The van der Waals surface area contributed by atoms with Crippen LogP contribution in [0.15, 0.2) is 42.5 Å². The zero-order valence-electron chi connectivity index (χ0n) is 9.39. The van der Waals surface area contributed by atoms with Crippen LogP contribution < -0.4 is 5.46 Å². The van der Waals surface area contributed by atoms with Crippen molar-refractivity contribution in [1.29, 1.82) is 0 Å². The van der Waals surface area contributed by atoms with Crippen LogP contribution in [0.4, 0.5) is 4.39 Å². The molecule has 0 radical (unpaired) electrons. The van der Waals surface area contributed by atoms with E-state index in [0.717, 1.165) is 16.7 Å². The molecule has 2 nitrogen and oxygen atoms in total. The molecule has 4 heteroatoms. The standard InChI is InChI=1S/C13H12BFO2/c1-9-3-2-4-10(7-9)11-5-6-12(14(16)17)13(15)8-11/h2-8,16-17H,1H3. The number of aryl methyl sites for hydroxylation is 1. The molecule has 2 N–H and O–H groups in total. The summed E-state index contributed by atoms with van der Waals surface area (Å²) in [5, 5.41) is 17.9. The predicted octanol–water partition coefficient (Wildman–Crippen LogP) is 1.48. The highest BCUT2D eigenvalue weighted by molar-refractivity contribution is 6.58. The van der Waals surface area contributed by atoms with Gasteiger partial charge in [0.1, 0.15) is 5.82 Å². The Labute approximate surface area is 99.5 Å². The van der Waals surface area contributed by atoms with Crippen LogP contribution in [-0.4, -0.2) is 17.2 Å². The van der Waals surface area contributed by atoms with Gasteiger partial charge in [-0.1, -0.05) is 42.0 Å². The fourth-order valence-electron chi connectivity index (χ4n) is 1.74. The summed E-state index contributed by atoms with van der Waals surface area (Å²) < 4.78 is 13.6. The second-order valence-electron chi connectivity index (χ2n) is 3.98. The van der Waals surface area contributed by atoms with Crippen molar-refractivity contribution in [2.75, 3.05) is 0 Å². The van der Waals surface area contributed by atoms with E-state index in [1.165, 1.54) is 12.1 Å². The van der Waals surface area contributed by atoms with Crippen molar-refractivity contribution in [2.24, 2.45) is 0 Å². The lowest BCUT2D eigenvalue weighted by Gasteiger charge is -2.06. The van der Waals surface area contributed by atoms with Gasteiger partial charge in [-0.15, -0.1) is 0 Å². The lowest BCUT2D eigenvalue weighted by molar-refractivity contribution is 0.423. The first kappa shape index (κ1) is 11.8. The summed E-state index contributed by atoms with van der Waals surface area (Å²) in [4.78, 5) is 0. The van der Waals surface area contributed by atoms with Gasteiger partial charge in [0, 0.05) is 5.46 Å². The minimum Gasteiger partial charge on any atom is -0.423 e. The number of benzene rings is 2. The fourth-order valence-corrected chi connectivity index (χ4v) is 1.74. The molecular weight excluding hydrogens is 218 g/mol. The van der Waals surface area contributed by atoms with Gasteiger partial charge in [-0.25, -0.2) is 4.39 Å². The summed E-state index contributed by atoms with van der Waals surface area (Å²) in [5.41, 5.74) is 2.61. The molecule has 0 spiro atoms. The molecule has 2 rings (SSSR count). The van der Waals surface area contributed by atoms with Gasteiger partial charge in [0.2, 0.25) is 0 Å². The van der Waals surface area contributed by atoms with E-state index in [4.69, 9.17) is 10.0 Å². The summed E-state index contributed by atoms with van der Waals surface area (Å²) in [6.45, 7) is 1.96. The Bertz CT molecular complexity index is 541. The molecule has 0 amide bonds. The summed E-state index contributed by atoms with van der Waals surface area (Å²) in [5.74, 6) is -0.612. The van der Waals surface area contributed by atoms with Crippen LogP contribution in [-0.2, 0) is 0 Å². The molecule has 0 atom stereocenters. The van der Waals surface area contributed by atoms with E-state index in [1.807, 2.05) is 31.2 Å². The third kappa shape index (κ3) is 2.54. The highest BCUT2D eigenvalue weighted by atomic mass is 19.1. The molecular formula is C13H12BFO2. The van der Waals surface area contributed by atoms with Gasteiger partial charge in [0.05, 0.1) is 0 Å². The molecule has 2 aromatic carbocycles. The van der Waals surface area contributed by atoms with Crippen molar-refractivity contribution < 1.29 is 14.4 Å². The number of rotatable bonds is 2. The highest BCUT2D eigenvalue weighted by Gasteiger charge is 2.16. The Kier molecular flexibility index (Phi) is 3.27. The Morgan fingerprint density at radius 3 is 2.29 bits per heavy atom. The van der Waals surface area contributed by atoms with E-state index < -0.39 is 12.9 Å². The molecule has 0 aliphatic carbocycles. The monoisotopic (exact) mass is 230 g/mol. The van der Waals surface area contributed by atoms with Crippen molar-refractivity contribution in [2.45, 2.75) is 6.92 Å². The van der Waals surface area contributed by atoms with E-state index in [-0.39, 0.29) is 5.46 Å². The maximum atomic E-state index is 13.6. The molecule has 0 aliphatic rings. The second-order valence-corrected chi connectivity index (χ2v) is 3.98. The Morgan fingerprint density at radius 2 is 1.71 bits per heavy atom. The minimum absolute atomic E-state index is 0.110. The Morgan fingerprint density at radius 1 is 1.00 bits per heavy atom. The molecule has 17 heavy (non-hydrogen) atoms. The normalized spacial score (nSPS) is 10.4. The topological polar surface area (TPSA) is 40.5 Å². The van der Waals surface area contributed by atoms with Crippen LogP contribution in [0.2, 0.25) is 0 Å². The molecule has 0 saturated carbocycles. The van der Waals surface area contributed by atoms with Crippen LogP contribution in [0.3, 0.4) is 0 Å². The second kappa shape index (κ2) is 4.69. The third-order valence-electron chi connectivity index (χ3n) is 2.63. The van der Waals surface area contributed by atoms with Gasteiger partial charge in [-0.2, -0.15) is 0 Å². The largest absolute Gasteiger partial charge is 0.491 e. The van der Waals surface area contributed by atoms with Crippen molar-refractivity contribution in [3.63, 3.8) is 0 Å². The molecule has 0 heterocycles. The SMILES string of the molecule is Cc1cccc(-c2ccc(B(O)O)c(F)c2)c1. The van der Waals surface area contributed by atoms with Gasteiger partial charge < -0.3 is 10.0 Å². The number of hydrogen-bond donors (Lipinski definition) is 2. The molecule has 0 aromatic heterocycles. The first-order valence-electron chi connectivity index (χ1n) is 5.30. The Hall–Kier alpha value is -1.65. The van der Waals surface area contributed by atoms with Gasteiger partial charge in [0.15, 0.2) is 0 Å². The lowest BCUT2D eigenvalue weighted by atomic mass is 9.79. The molecule has 0 saturated heterocycles. The van der Waals surface area contributed by atoms with Crippen molar-refractivity contribution in [3.05, 3.63) is 53.8 Å². The molecule has 0 fully saturated rings. The van der Waals surface area contributed by atoms with Crippen molar-refractivity contribution >= 4 is 12.6 Å². The quantitative estimate of drug-likeness (QED) is 0.767. The number of hydrogen-bond acceptors (Lipinski definition) is 2. The van der Waals surface area contributed by atoms with E-state index in [0.29, 0.717) is 0 Å². The summed E-state index contributed by atoms with van der Waals surface area (Å²) in [6, 6.07) is 12.1. The summed E-state index contributed by atoms with van der Waals surface area (Å²) >= 11 is 0. The average molecular weight is 230 g/mol. The number of halogens is 1. The molecule has 0 bridgehead atoms. The van der Waals surface area contributed by atoms with Crippen molar-refractivity contribution in [3.8, 4) is 11.1 Å². The summed E-state index contributed by atoms with van der Waals surface area (Å²) in [6.07, 6.45) is 0. The van der Waals surface area contributed by atoms with Crippen LogP contribution in [0.5, 0.6) is 0 Å². The van der Waals surface area contributed by atoms with Gasteiger partial charge in [0.25, 0.3) is 0 Å². The molecule has 0 aliphatic heterocycles. The maximum absolute atomic E-state index is 13.6. The summed E-state index contributed by atoms with van der Waals surface area (Å²) in [7, 11) is -1.78. The van der Waals surface area contributed by atoms with E-state index >= 15 is 0 Å². The zero-order valence-corrected chi connectivity index (χ0v) is 9.39. The van der Waals surface area contributed by atoms with Crippen molar-refractivity contribution in [1.82, 2.24) is 0 Å².